The molecule has 0 radical (unpaired) electrons. The summed E-state index contributed by atoms with van der Waals surface area (Å²) in [4.78, 5) is 15.6. The molecule has 0 aliphatic carbocycles. The zero-order chi connectivity index (χ0) is 40.3. The molecule has 0 aliphatic heterocycles. The fourth-order valence-electron chi connectivity index (χ4n) is 9.00. The minimum Gasteiger partial charge on any atom is -0.309 e. The summed E-state index contributed by atoms with van der Waals surface area (Å²) in [6, 6.07) is 77.4. The first-order chi connectivity index (χ1) is 30.2. The van der Waals surface area contributed by atoms with Crippen LogP contribution in [0, 0.1) is 0 Å². The highest BCUT2D eigenvalue weighted by atomic mass is 15.0. The summed E-state index contributed by atoms with van der Waals surface area (Å²) in [6.45, 7) is 0. The smallest absolute Gasteiger partial charge is 0.160 e. The second kappa shape index (κ2) is 14.3. The monoisotopic (exact) mass is 776 g/mol. The Bertz CT molecular complexity index is 3600. The molecule has 9 aromatic carbocycles. The van der Waals surface area contributed by atoms with Crippen LogP contribution in [0.1, 0.15) is 0 Å². The number of aromatic nitrogens is 4. The molecule has 0 saturated carbocycles. The third kappa shape index (κ3) is 5.96. The molecule has 12 aromatic rings. The Labute approximate surface area is 352 Å². The predicted octanol–water partition coefficient (Wildman–Crippen LogP) is 14.8. The van der Waals surface area contributed by atoms with Gasteiger partial charge in [-0.25, -0.2) is 15.0 Å². The lowest BCUT2D eigenvalue weighted by atomic mass is 9.98. The summed E-state index contributed by atoms with van der Waals surface area (Å²) in [5.41, 5.74) is 15.0. The predicted molar refractivity (Wildman–Crippen MR) is 254 cm³/mol. The van der Waals surface area contributed by atoms with Gasteiger partial charge in [-0.15, -0.1) is 0 Å². The van der Waals surface area contributed by atoms with E-state index in [0.717, 1.165) is 83.1 Å². The van der Waals surface area contributed by atoms with Crippen molar-refractivity contribution in [1.29, 1.82) is 0 Å². The van der Waals surface area contributed by atoms with Crippen LogP contribution in [0.3, 0.4) is 0 Å². The number of hydrogen-bond donors (Lipinski definition) is 0. The van der Waals surface area contributed by atoms with E-state index in [1.807, 2.05) is 12.1 Å². The van der Waals surface area contributed by atoms with Gasteiger partial charge in [-0.2, -0.15) is 0 Å². The minimum absolute atomic E-state index is 0.704. The van der Waals surface area contributed by atoms with E-state index in [-0.39, 0.29) is 0 Å². The van der Waals surface area contributed by atoms with Crippen molar-refractivity contribution in [3.63, 3.8) is 0 Å². The first kappa shape index (κ1) is 34.8. The standard InChI is InChI=1S/C57H36N4/c1-4-14-37(15-5-1)38-24-28-41(29-25-38)56-48-22-12-13-23-51(48)59-57(60-56)42-30-26-39(27-31-42)43-32-33-46-50-35-52-49(36-54(50)61(53(46)34-43)44-18-8-3-9-19-44)45-20-10-11-21-47(45)55(58-52)40-16-6-2-7-17-40/h1-36H. The fraction of sp³-hybridized carbons (Fsp3) is 0. The number of para-hydroxylation sites is 2. The molecule has 3 aromatic heterocycles. The molecule has 61 heavy (non-hydrogen) atoms. The van der Waals surface area contributed by atoms with Crippen molar-refractivity contribution in [3.8, 4) is 61.8 Å². The van der Waals surface area contributed by atoms with Gasteiger partial charge in [-0.1, -0.05) is 182 Å². The number of benzene rings is 9. The van der Waals surface area contributed by atoms with E-state index < -0.39 is 0 Å². The summed E-state index contributed by atoms with van der Waals surface area (Å²) in [5.74, 6) is 0.704. The number of hydrogen-bond acceptors (Lipinski definition) is 3. The molecule has 0 amide bonds. The molecule has 0 atom stereocenters. The van der Waals surface area contributed by atoms with Gasteiger partial charge < -0.3 is 4.57 Å². The number of pyridine rings is 1. The average molecular weight is 777 g/mol. The van der Waals surface area contributed by atoms with Crippen LogP contribution in [-0.2, 0) is 0 Å². The van der Waals surface area contributed by atoms with Gasteiger partial charge in [0.05, 0.1) is 33.5 Å². The maximum atomic E-state index is 5.35. The summed E-state index contributed by atoms with van der Waals surface area (Å²) in [7, 11) is 0. The molecule has 3 heterocycles. The van der Waals surface area contributed by atoms with E-state index in [9.17, 15) is 0 Å². The zero-order valence-corrected chi connectivity index (χ0v) is 33.1. The summed E-state index contributed by atoms with van der Waals surface area (Å²) in [6.07, 6.45) is 0. The largest absolute Gasteiger partial charge is 0.309 e. The number of nitrogens with zero attached hydrogens (tertiary/aromatic N) is 4. The quantitative estimate of drug-likeness (QED) is 0.158. The molecule has 12 rings (SSSR count). The van der Waals surface area contributed by atoms with E-state index in [0.29, 0.717) is 5.82 Å². The highest BCUT2D eigenvalue weighted by molar-refractivity contribution is 6.19. The Kier molecular flexibility index (Phi) is 8.13. The van der Waals surface area contributed by atoms with Gasteiger partial charge in [0.1, 0.15) is 0 Å². The van der Waals surface area contributed by atoms with Gasteiger partial charge in [0.15, 0.2) is 5.82 Å². The molecule has 4 nitrogen and oxygen atoms in total. The van der Waals surface area contributed by atoms with Crippen molar-refractivity contribution in [2.75, 3.05) is 0 Å². The highest BCUT2D eigenvalue weighted by Crippen LogP contribution is 2.40. The van der Waals surface area contributed by atoms with Crippen LogP contribution >= 0.6 is 0 Å². The summed E-state index contributed by atoms with van der Waals surface area (Å²) < 4.78 is 2.40. The van der Waals surface area contributed by atoms with Crippen molar-refractivity contribution < 1.29 is 0 Å². The van der Waals surface area contributed by atoms with E-state index in [4.69, 9.17) is 15.0 Å². The van der Waals surface area contributed by atoms with Crippen LogP contribution in [0.4, 0.5) is 0 Å². The second-order valence-corrected chi connectivity index (χ2v) is 15.6. The van der Waals surface area contributed by atoms with Gasteiger partial charge >= 0.3 is 0 Å². The molecule has 4 heteroatoms. The first-order valence-corrected chi connectivity index (χ1v) is 20.7. The molecule has 0 saturated heterocycles. The van der Waals surface area contributed by atoms with Crippen molar-refractivity contribution in [2.45, 2.75) is 0 Å². The zero-order valence-electron chi connectivity index (χ0n) is 33.1. The third-order valence-electron chi connectivity index (χ3n) is 12.0. The van der Waals surface area contributed by atoms with Crippen LogP contribution in [0.5, 0.6) is 0 Å². The van der Waals surface area contributed by atoms with E-state index in [1.165, 1.54) is 27.3 Å². The molecule has 284 valence electrons. The summed E-state index contributed by atoms with van der Waals surface area (Å²) in [5, 5.41) is 6.88. The summed E-state index contributed by atoms with van der Waals surface area (Å²) >= 11 is 0. The lowest BCUT2D eigenvalue weighted by Gasteiger charge is -2.12. The molecular weight excluding hydrogens is 741 g/mol. The molecular formula is C57H36N4. The van der Waals surface area contributed by atoms with Crippen molar-refractivity contribution in [1.82, 2.24) is 19.5 Å². The Morgan fingerprint density at radius 2 is 0.770 bits per heavy atom. The SMILES string of the molecule is c1ccc(-c2ccc(-c3nc(-c4ccc(-c5ccc6c7cc8nc(-c9ccccc9)c9ccccc9c8cc7n(-c7ccccc7)c6c5)cc4)nc4ccccc34)cc2)cc1. The van der Waals surface area contributed by atoms with Crippen LogP contribution in [0.2, 0.25) is 0 Å². The lowest BCUT2D eigenvalue weighted by molar-refractivity contribution is 1.18. The van der Waals surface area contributed by atoms with Gasteiger partial charge in [0.2, 0.25) is 0 Å². The fourth-order valence-corrected chi connectivity index (χ4v) is 9.00. The molecule has 0 bridgehead atoms. The van der Waals surface area contributed by atoms with Crippen molar-refractivity contribution in [2.24, 2.45) is 0 Å². The topological polar surface area (TPSA) is 43.6 Å². The molecule has 0 aliphatic rings. The van der Waals surface area contributed by atoms with E-state index in [2.05, 4.69) is 211 Å². The Morgan fingerprint density at radius 1 is 0.262 bits per heavy atom. The molecule has 0 spiro atoms. The highest BCUT2D eigenvalue weighted by Gasteiger charge is 2.18. The van der Waals surface area contributed by atoms with E-state index >= 15 is 0 Å². The van der Waals surface area contributed by atoms with Crippen LogP contribution in [0.25, 0.3) is 116 Å². The van der Waals surface area contributed by atoms with Crippen molar-refractivity contribution in [3.05, 3.63) is 218 Å². The van der Waals surface area contributed by atoms with Crippen LogP contribution in [0.15, 0.2) is 218 Å². The average Bonchev–Trinajstić information content (AvgIpc) is 3.66. The Balaban J connectivity index is 0.971. The maximum absolute atomic E-state index is 5.35. The molecule has 0 fully saturated rings. The van der Waals surface area contributed by atoms with Gasteiger partial charge in [0, 0.05) is 49.3 Å². The van der Waals surface area contributed by atoms with E-state index in [1.54, 1.807) is 0 Å². The van der Waals surface area contributed by atoms with Gasteiger partial charge in [-0.05, 0) is 64.0 Å². The minimum atomic E-state index is 0.704. The molecule has 0 unspecified atom stereocenters. The second-order valence-electron chi connectivity index (χ2n) is 15.6. The first-order valence-electron chi connectivity index (χ1n) is 20.7. The van der Waals surface area contributed by atoms with Crippen LogP contribution < -0.4 is 0 Å². The number of fused-ring (bicyclic) bond motifs is 7. The maximum Gasteiger partial charge on any atom is 0.160 e. The third-order valence-corrected chi connectivity index (χ3v) is 12.0. The Hall–Kier alpha value is -8.21. The van der Waals surface area contributed by atoms with Gasteiger partial charge in [-0.3, -0.25) is 0 Å². The van der Waals surface area contributed by atoms with Gasteiger partial charge in [0.25, 0.3) is 0 Å². The number of rotatable bonds is 6. The lowest BCUT2D eigenvalue weighted by Crippen LogP contribution is -1.95. The normalized spacial score (nSPS) is 11.6. The Morgan fingerprint density at radius 3 is 1.51 bits per heavy atom. The van der Waals surface area contributed by atoms with Crippen molar-refractivity contribution >= 4 is 54.4 Å². The molecule has 0 N–H and O–H groups in total. The van der Waals surface area contributed by atoms with Crippen LogP contribution in [-0.4, -0.2) is 19.5 Å².